The van der Waals surface area contributed by atoms with Gasteiger partial charge in [-0.05, 0) is 35.0 Å². The van der Waals surface area contributed by atoms with Gasteiger partial charge in [-0.25, -0.2) is 0 Å². The summed E-state index contributed by atoms with van der Waals surface area (Å²) in [7, 11) is 0. The van der Waals surface area contributed by atoms with E-state index in [0.29, 0.717) is 0 Å². The lowest BCUT2D eigenvalue weighted by molar-refractivity contribution is 0.761. The largest absolute Gasteiger partial charge is 0.347 e. The van der Waals surface area contributed by atoms with Crippen LogP contribution in [0.25, 0.3) is 6.08 Å². The second kappa shape index (κ2) is 3.06. The molecular weight excluding hydrogens is 190 g/mol. The third-order valence-corrected chi connectivity index (χ3v) is 1.88. The first-order valence-corrected chi connectivity index (χ1v) is 4.05. The Bertz CT molecular complexity index is 237. The average Bonchev–Trinajstić information content (AvgIpc) is 2.30. The Hall–Kier alpha value is -0.500. The van der Waals surface area contributed by atoms with Gasteiger partial charge < -0.3 is 4.57 Å². The number of aryl methyl sites for hydroxylation is 1. The van der Waals surface area contributed by atoms with E-state index in [1.807, 2.05) is 6.08 Å². The van der Waals surface area contributed by atoms with Gasteiger partial charge in [-0.1, -0.05) is 6.58 Å². The Morgan fingerprint density at radius 2 is 2.50 bits per heavy atom. The lowest BCUT2D eigenvalue weighted by Gasteiger charge is -1.98. The van der Waals surface area contributed by atoms with Gasteiger partial charge in [0.15, 0.2) is 0 Å². The minimum Gasteiger partial charge on any atom is -0.347 e. The molecule has 0 saturated heterocycles. The van der Waals surface area contributed by atoms with Crippen LogP contribution in [0.15, 0.2) is 23.3 Å². The Labute approximate surface area is 69.5 Å². The minimum atomic E-state index is 0.993. The molecule has 0 aliphatic rings. The van der Waals surface area contributed by atoms with Gasteiger partial charge in [-0.3, -0.25) is 0 Å². The minimum absolute atomic E-state index is 0.993. The molecule has 1 heterocycles. The molecule has 0 spiro atoms. The molecule has 2 heteroatoms. The van der Waals surface area contributed by atoms with Crippen molar-refractivity contribution in [1.29, 1.82) is 0 Å². The predicted octanol–water partition coefficient (Wildman–Crippen LogP) is 2.91. The maximum absolute atomic E-state index is 3.71. The van der Waals surface area contributed by atoms with E-state index in [1.165, 1.54) is 0 Å². The zero-order valence-corrected chi connectivity index (χ0v) is 7.56. The van der Waals surface area contributed by atoms with E-state index in [4.69, 9.17) is 0 Å². The molecule has 0 aliphatic heterocycles. The van der Waals surface area contributed by atoms with Crippen molar-refractivity contribution in [2.45, 2.75) is 13.5 Å². The Morgan fingerprint density at radius 1 is 1.80 bits per heavy atom. The molecule has 1 aromatic rings. The summed E-state index contributed by atoms with van der Waals surface area (Å²) in [5.41, 5.74) is 1.16. The van der Waals surface area contributed by atoms with Crippen LogP contribution < -0.4 is 0 Å². The molecule has 0 atom stereocenters. The van der Waals surface area contributed by atoms with E-state index in [0.717, 1.165) is 16.7 Å². The van der Waals surface area contributed by atoms with Crippen LogP contribution in [-0.2, 0) is 6.54 Å². The smallest absolute Gasteiger partial charge is 0.0412 e. The van der Waals surface area contributed by atoms with Crippen LogP contribution in [0, 0.1) is 0 Å². The molecule has 10 heavy (non-hydrogen) atoms. The number of hydrogen-bond donors (Lipinski definition) is 0. The van der Waals surface area contributed by atoms with E-state index in [2.05, 4.69) is 46.3 Å². The van der Waals surface area contributed by atoms with Gasteiger partial charge in [0.2, 0.25) is 0 Å². The van der Waals surface area contributed by atoms with Crippen molar-refractivity contribution in [3.05, 3.63) is 29.0 Å². The number of halogens is 1. The van der Waals surface area contributed by atoms with Crippen molar-refractivity contribution in [3.63, 3.8) is 0 Å². The normalized spacial score (nSPS) is 9.80. The highest BCUT2D eigenvalue weighted by Gasteiger charge is 1.96. The molecular formula is C8H10BrN. The quantitative estimate of drug-likeness (QED) is 0.691. The molecule has 0 fully saturated rings. The van der Waals surface area contributed by atoms with Crippen molar-refractivity contribution < 1.29 is 0 Å². The number of hydrogen-bond acceptors (Lipinski definition) is 0. The molecule has 1 nitrogen and oxygen atoms in total. The van der Waals surface area contributed by atoms with E-state index < -0.39 is 0 Å². The molecule has 1 rings (SSSR count). The summed E-state index contributed by atoms with van der Waals surface area (Å²) in [6.45, 7) is 6.81. The number of aromatic nitrogens is 1. The lowest BCUT2D eigenvalue weighted by atomic mass is 10.4. The van der Waals surface area contributed by atoms with Gasteiger partial charge in [-0.2, -0.15) is 0 Å². The van der Waals surface area contributed by atoms with Crippen molar-refractivity contribution >= 4 is 22.0 Å². The Kier molecular flexibility index (Phi) is 2.33. The fourth-order valence-corrected chi connectivity index (χ4v) is 1.42. The molecule has 0 N–H and O–H groups in total. The maximum atomic E-state index is 3.71. The number of nitrogens with zero attached hydrogens (tertiary/aromatic N) is 1. The molecule has 0 saturated carbocycles. The van der Waals surface area contributed by atoms with Crippen LogP contribution in [0.3, 0.4) is 0 Å². The molecule has 0 aromatic carbocycles. The summed E-state index contributed by atoms with van der Waals surface area (Å²) < 4.78 is 3.25. The standard InChI is InChI=1S/C8H10BrN/c1-3-8-5-7(9)6-10(8)4-2/h3,5-6H,1,4H2,2H3. The van der Waals surface area contributed by atoms with Crippen LogP contribution in [0.2, 0.25) is 0 Å². The number of rotatable bonds is 2. The van der Waals surface area contributed by atoms with Gasteiger partial charge in [0.05, 0.1) is 0 Å². The SMILES string of the molecule is C=Cc1cc(Br)cn1CC. The highest BCUT2D eigenvalue weighted by atomic mass is 79.9. The van der Waals surface area contributed by atoms with Gasteiger partial charge in [-0.15, -0.1) is 0 Å². The van der Waals surface area contributed by atoms with Crippen molar-refractivity contribution in [2.75, 3.05) is 0 Å². The van der Waals surface area contributed by atoms with E-state index in [1.54, 1.807) is 0 Å². The fourth-order valence-electron chi connectivity index (χ4n) is 0.935. The summed E-state index contributed by atoms with van der Waals surface area (Å²) in [5.74, 6) is 0. The summed E-state index contributed by atoms with van der Waals surface area (Å²) in [4.78, 5) is 0. The second-order valence-corrected chi connectivity index (χ2v) is 2.99. The first-order valence-electron chi connectivity index (χ1n) is 3.26. The molecule has 54 valence electrons. The monoisotopic (exact) mass is 199 g/mol. The predicted molar refractivity (Wildman–Crippen MR) is 47.9 cm³/mol. The maximum Gasteiger partial charge on any atom is 0.0412 e. The summed E-state index contributed by atoms with van der Waals surface area (Å²) in [6.07, 6.45) is 3.91. The second-order valence-electron chi connectivity index (χ2n) is 2.07. The van der Waals surface area contributed by atoms with Gasteiger partial charge in [0.25, 0.3) is 0 Å². The summed E-state index contributed by atoms with van der Waals surface area (Å²) >= 11 is 3.40. The molecule has 0 radical (unpaired) electrons. The molecule has 0 unspecified atom stereocenters. The first kappa shape index (κ1) is 7.61. The lowest BCUT2D eigenvalue weighted by Crippen LogP contribution is -1.92. The highest BCUT2D eigenvalue weighted by Crippen LogP contribution is 2.15. The van der Waals surface area contributed by atoms with Crippen LogP contribution in [-0.4, -0.2) is 4.57 Å². The molecule has 0 aliphatic carbocycles. The fraction of sp³-hybridized carbons (Fsp3) is 0.250. The molecule has 0 bridgehead atoms. The van der Waals surface area contributed by atoms with Gasteiger partial charge in [0, 0.05) is 22.9 Å². The van der Waals surface area contributed by atoms with Gasteiger partial charge >= 0.3 is 0 Å². The molecule has 0 amide bonds. The third-order valence-electron chi connectivity index (χ3n) is 1.45. The molecule has 1 aromatic heterocycles. The average molecular weight is 200 g/mol. The highest BCUT2D eigenvalue weighted by molar-refractivity contribution is 9.10. The van der Waals surface area contributed by atoms with Crippen LogP contribution >= 0.6 is 15.9 Å². The first-order chi connectivity index (χ1) is 4.77. The summed E-state index contributed by atoms with van der Waals surface area (Å²) in [6, 6.07) is 2.05. The zero-order valence-electron chi connectivity index (χ0n) is 5.97. The third kappa shape index (κ3) is 1.32. The topological polar surface area (TPSA) is 4.93 Å². The van der Waals surface area contributed by atoms with Crippen LogP contribution in [0.1, 0.15) is 12.6 Å². The van der Waals surface area contributed by atoms with Crippen molar-refractivity contribution in [1.82, 2.24) is 4.57 Å². The van der Waals surface area contributed by atoms with Crippen molar-refractivity contribution in [2.24, 2.45) is 0 Å². The summed E-state index contributed by atoms with van der Waals surface area (Å²) in [5, 5.41) is 0. The zero-order chi connectivity index (χ0) is 7.56. The Morgan fingerprint density at radius 3 is 2.90 bits per heavy atom. The van der Waals surface area contributed by atoms with E-state index in [-0.39, 0.29) is 0 Å². The van der Waals surface area contributed by atoms with E-state index >= 15 is 0 Å². The van der Waals surface area contributed by atoms with Gasteiger partial charge in [0.1, 0.15) is 0 Å². The Balaban J connectivity index is 3.08. The van der Waals surface area contributed by atoms with Crippen LogP contribution in [0.4, 0.5) is 0 Å². The van der Waals surface area contributed by atoms with E-state index in [9.17, 15) is 0 Å². The van der Waals surface area contributed by atoms with Crippen molar-refractivity contribution in [3.8, 4) is 0 Å². The van der Waals surface area contributed by atoms with Crippen LogP contribution in [0.5, 0.6) is 0 Å².